The van der Waals surface area contributed by atoms with Gasteiger partial charge in [0.15, 0.2) is 0 Å². The van der Waals surface area contributed by atoms with E-state index in [9.17, 15) is 19.8 Å². The summed E-state index contributed by atoms with van der Waals surface area (Å²) in [6.07, 6.45) is -0.0524. The summed E-state index contributed by atoms with van der Waals surface area (Å²) in [6.45, 7) is 5.01. The van der Waals surface area contributed by atoms with Crippen LogP contribution in [0.25, 0.3) is 0 Å². The fourth-order valence-corrected chi connectivity index (χ4v) is 4.02. The number of carbonyl (C=O) groups is 2. The number of aliphatic hydroxyl groups excluding tert-OH is 2. The molecule has 5 unspecified atom stereocenters. The summed E-state index contributed by atoms with van der Waals surface area (Å²) in [7, 11) is 0. The molecule has 1 heterocycles. The molecule has 0 saturated heterocycles. The van der Waals surface area contributed by atoms with Crippen LogP contribution in [0.4, 0.5) is 0 Å². The van der Waals surface area contributed by atoms with Crippen molar-refractivity contribution in [2.75, 3.05) is 6.61 Å². The molecule has 6 nitrogen and oxygen atoms in total. The molecule has 22 heavy (non-hydrogen) atoms. The van der Waals surface area contributed by atoms with Crippen LogP contribution in [0.3, 0.4) is 0 Å². The fourth-order valence-electron chi connectivity index (χ4n) is 4.02. The Morgan fingerprint density at radius 1 is 1.50 bits per heavy atom. The van der Waals surface area contributed by atoms with Gasteiger partial charge in [0.05, 0.1) is 18.3 Å². The van der Waals surface area contributed by atoms with Gasteiger partial charge in [-0.1, -0.05) is 6.58 Å². The molecular weight excluding hydrogens is 288 g/mol. The predicted octanol–water partition coefficient (Wildman–Crippen LogP) is 0.479. The van der Waals surface area contributed by atoms with E-state index in [0.29, 0.717) is 30.4 Å². The van der Waals surface area contributed by atoms with Crippen LogP contribution in [-0.2, 0) is 19.1 Å². The highest BCUT2D eigenvalue weighted by molar-refractivity contribution is 5.92. The Balaban J connectivity index is 1.92. The average molecular weight is 308 g/mol. The van der Waals surface area contributed by atoms with E-state index in [0.717, 1.165) is 5.57 Å². The highest BCUT2D eigenvalue weighted by Gasteiger charge is 2.52. The number of hydrogen-bond acceptors (Lipinski definition) is 6. The highest BCUT2D eigenvalue weighted by Crippen LogP contribution is 2.49. The summed E-state index contributed by atoms with van der Waals surface area (Å²) < 4.78 is 10.7. The SMILES string of the molecule is C=C1C(OC(C)=O)CC(O)C2CCC3=C(CO)C(=O)OC3C12. The van der Waals surface area contributed by atoms with Crippen LogP contribution in [0.2, 0.25) is 0 Å². The molecule has 0 spiro atoms. The van der Waals surface area contributed by atoms with E-state index < -0.39 is 30.3 Å². The van der Waals surface area contributed by atoms with Crippen LogP contribution in [-0.4, -0.2) is 47.1 Å². The largest absolute Gasteiger partial charge is 0.458 e. The van der Waals surface area contributed by atoms with E-state index in [1.807, 2.05) is 0 Å². The van der Waals surface area contributed by atoms with E-state index in [1.165, 1.54) is 6.92 Å². The van der Waals surface area contributed by atoms with E-state index >= 15 is 0 Å². The van der Waals surface area contributed by atoms with Crippen LogP contribution in [0, 0.1) is 11.8 Å². The Labute approximate surface area is 128 Å². The maximum atomic E-state index is 11.9. The average Bonchev–Trinajstić information content (AvgIpc) is 2.78. The Bertz CT molecular complexity index is 563. The first-order valence-corrected chi connectivity index (χ1v) is 7.51. The van der Waals surface area contributed by atoms with Gasteiger partial charge in [0.2, 0.25) is 0 Å². The summed E-state index contributed by atoms with van der Waals surface area (Å²) in [5, 5.41) is 19.7. The van der Waals surface area contributed by atoms with Crippen molar-refractivity contribution in [1.29, 1.82) is 0 Å². The number of fused-ring (bicyclic) bond motifs is 3. The van der Waals surface area contributed by atoms with Crippen LogP contribution in [0.5, 0.6) is 0 Å². The van der Waals surface area contributed by atoms with Gasteiger partial charge >= 0.3 is 11.9 Å². The van der Waals surface area contributed by atoms with Crippen molar-refractivity contribution in [3.8, 4) is 0 Å². The summed E-state index contributed by atoms with van der Waals surface area (Å²) >= 11 is 0. The van der Waals surface area contributed by atoms with Gasteiger partial charge in [-0.05, 0) is 29.9 Å². The number of ether oxygens (including phenoxy) is 2. The molecule has 6 heteroatoms. The van der Waals surface area contributed by atoms with Crippen molar-refractivity contribution in [1.82, 2.24) is 0 Å². The Kier molecular flexibility index (Phi) is 3.82. The lowest BCUT2D eigenvalue weighted by Crippen LogP contribution is -2.49. The molecule has 3 rings (SSSR count). The molecular formula is C16H20O6. The summed E-state index contributed by atoms with van der Waals surface area (Å²) in [5.41, 5.74) is 1.80. The van der Waals surface area contributed by atoms with E-state index in [1.54, 1.807) is 0 Å². The second-order valence-electron chi connectivity index (χ2n) is 6.19. The Hall–Kier alpha value is -1.66. The normalized spacial score (nSPS) is 37.5. The Morgan fingerprint density at radius 3 is 2.86 bits per heavy atom. The third kappa shape index (κ3) is 2.27. The number of rotatable bonds is 2. The number of hydrogen-bond donors (Lipinski definition) is 2. The minimum atomic E-state index is -0.627. The van der Waals surface area contributed by atoms with Crippen molar-refractivity contribution < 1.29 is 29.3 Å². The van der Waals surface area contributed by atoms with Gasteiger partial charge in [-0.15, -0.1) is 0 Å². The molecule has 2 aliphatic carbocycles. The topological polar surface area (TPSA) is 93.1 Å². The van der Waals surface area contributed by atoms with Gasteiger partial charge in [0.1, 0.15) is 12.2 Å². The van der Waals surface area contributed by atoms with E-state index in [-0.39, 0.29) is 18.4 Å². The lowest BCUT2D eigenvalue weighted by Gasteiger charge is -2.46. The highest BCUT2D eigenvalue weighted by atomic mass is 16.6. The quantitative estimate of drug-likeness (QED) is 0.569. The molecule has 0 bridgehead atoms. The molecule has 120 valence electrons. The van der Waals surface area contributed by atoms with Gasteiger partial charge < -0.3 is 19.7 Å². The van der Waals surface area contributed by atoms with E-state index in [2.05, 4.69) is 6.58 Å². The predicted molar refractivity (Wildman–Crippen MR) is 75.5 cm³/mol. The third-order valence-corrected chi connectivity index (χ3v) is 5.00. The maximum Gasteiger partial charge on any atom is 0.337 e. The Morgan fingerprint density at radius 2 is 2.23 bits per heavy atom. The molecule has 0 amide bonds. The van der Waals surface area contributed by atoms with Crippen molar-refractivity contribution in [2.24, 2.45) is 11.8 Å². The van der Waals surface area contributed by atoms with Crippen molar-refractivity contribution >= 4 is 11.9 Å². The third-order valence-electron chi connectivity index (χ3n) is 5.00. The number of aliphatic hydroxyl groups is 2. The van der Waals surface area contributed by atoms with Crippen molar-refractivity contribution in [3.63, 3.8) is 0 Å². The fraction of sp³-hybridized carbons (Fsp3) is 0.625. The lowest BCUT2D eigenvalue weighted by atomic mass is 9.63. The minimum absolute atomic E-state index is 0.0705. The van der Waals surface area contributed by atoms with Gasteiger partial charge in [0, 0.05) is 19.3 Å². The second-order valence-corrected chi connectivity index (χ2v) is 6.19. The summed E-state index contributed by atoms with van der Waals surface area (Å²) in [4.78, 5) is 23.1. The number of carbonyl (C=O) groups excluding carboxylic acids is 2. The molecule has 1 aliphatic heterocycles. The lowest BCUT2D eigenvalue weighted by molar-refractivity contribution is -0.153. The van der Waals surface area contributed by atoms with Crippen LogP contribution in [0.15, 0.2) is 23.3 Å². The molecule has 5 atom stereocenters. The van der Waals surface area contributed by atoms with Gasteiger partial charge in [0.25, 0.3) is 0 Å². The molecule has 0 aromatic carbocycles. The van der Waals surface area contributed by atoms with Crippen LogP contribution in [0.1, 0.15) is 26.2 Å². The monoisotopic (exact) mass is 308 g/mol. The van der Waals surface area contributed by atoms with Crippen LogP contribution >= 0.6 is 0 Å². The first kappa shape index (κ1) is 15.2. The second kappa shape index (κ2) is 5.52. The first-order valence-electron chi connectivity index (χ1n) is 7.51. The van der Waals surface area contributed by atoms with Gasteiger partial charge in [-0.3, -0.25) is 4.79 Å². The summed E-state index contributed by atoms with van der Waals surface area (Å²) in [6, 6.07) is 0. The van der Waals surface area contributed by atoms with Crippen molar-refractivity contribution in [2.45, 2.75) is 44.5 Å². The molecule has 3 aliphatic rings. The summed E-state index contributed by atoms with van der Waals surface area (Å²) in [5.74, 6) is -1.27. The van der Waals surface area contributed by atoms with Gasteiger partial charge in [-0.2, -0.15) is 0 Å². The minimum Gasteiger partial charge on any atom is -0.458 e. The molecule has 2 fully saturated rings. The maximum absolute atomic E-state index is 11.9. The zero-order valence-corrected chi connectivity index (χ0v) is 12.4. The molecule has 0 aromatic rings. The molecule has 2 saturated carbocycles. The van der Waals surface area contributed by atoms with Crippen LogP contribution < -0.4 is 0 Å². The molecule has 0 aromatic heterocycles. The molecule has 0 radical (unpaired) electrons. The zero-order valence-electron chi connectivity index (χ0n) is 12.4. The van der Waals surface area contributed by atoms with Gasteiger partial charge in [-0.25, -0.2) is 4.79 Å². The van der Waals surface area contributed by atoms with E-state index in [4.69, 9.17) is 9.47 Å². The smallest absolute Gasteiger partial charge is 0.337 e. The zero-order chi connectivity index (χ0) is 16.0. The number of esters is 2. The first-order chi connectivity index (χ1) is 10.4. The van der Waals surface area contributed by atoms with Crippen molar-refractivity contribution in [3.05, 3.63) is 23.3 Å². The standard InChI is InChI=1S/C16H20O6/c1-7-13(21-8(2)18)5-12(19)10-4-3-9-11(6-17)16(20)22-15(9)14(7)10/h10,12-15,17,19H,1,3-6H2,2H3. The molecule has 2 N–H and O–H groups in total.